The van der Waals surface area contributed by atoms with Crippen molar-refractivity contribution in [1.29, 1.82) is 0 Å². The van der Waals surface area contributed by atoms with E-state index in [-0.39, 0.29) is 6.61 Å². The van der Waals surface area contributed by atoms with Crippen LogP contribution >= 0.6 is 0 Å². The third kappa shape index (κ3) is 4.98. The number of aliphatic hydroxyl groups is 1. The molecule has 0 spiro atoms. The van der Waals surface area contributed by atoms with Crippen LogP contribution in [0.25, 0.3) is 0 Å². The van der Waals surface area contributed by atoms with Crippen molar-refractivity contribution < 1.29 is 9.84 Å². The SMILES string of the molecule is CCCCC1CCCCC1OCCCO. The van der Waals surface area contributed by atoms with Crippen LogP contribution in [0, 0.1) is 5.92 Å². The summed E-state index contributed by atoms with van der Waals surface area (Å²) in [6.07, 6.45) is 10.5. The Balaban J connectivity index is 2.22. The maximum Gasteiger partial charge on any atom is 0.0603 e. The smallest absolute Gasteiger partial charge is 0.0603 e. The Morgan fingerprint density at radius 3 is 2.73 bits per heavy atom. The number of hydrogen-bond acceptors (Lipinski definition) is 2. The molecule has 0 aromatic heterocycles. The van der Waals surface area contributed by atoms with E-state index in [1.807, 2.05) is 0 Å². The molecule has 1 N–H and O–H groups in total. The van der Waals surface area contributed by atoms with E-state index in [1.165, 1.54) is 44.9 Å². The summed E-state index contributed by atoms with van der Waals surface area (Å²) >= 11 is 0. The van der Waals surface area contributed by atoms with Crippen molar-refractivity contribution in [3.8, 4) is 0 Å². The van der Waals surface area contributed by atoms with Crippen LogP contribution in [0.2, 0.25) is 0 Å². The molecular weight excluding hydrogens is 188 g/mol. The van der Waals surface area contributed by atoms with E-state index >= 15 is 0 Å². The van der Waals surface area contributed by atoms with Crippen molar-refractivity contribution in [1.82, 2.24) is 0 Å². The Morgan fingerprint density at radius 2 is 2.00 bits per heavy atom. The van der Waals surface area contributed by atoms with Crippen LogP contribution in [0.5, 0.6) is 0 Å². The van der Waals surface area contributed by atoms with Gasteiger partial charge in [-0.2, -0.15) is 0 Å². The van der Waals surface area contributed by atoms with Crippen LogP contribution in [-0.2, 0) is 4.74 Å². The second-order valence-electron chi connectivity index (χ2n) is 4.67. The van der Waals surface area contributed by atoms with Gasteiger partial charge in [0.25, 0.3) is 0 Å². The predicted molar refractivity (Wildman–Crippen MR) is 62.9 cm³/mol. The first-order chi connectivity index (χ1) is 7.38. The number of ether oxygens (including phenoxy) is 1. The van der Waals surface area contributed by atoms with Gasteiger partial charge in [0.1, 0.15) is 0 Å². The summed E-state index contributed by atoms with van der Waals surface area (Å²) in [5.74, 6) is 0.789. The maximum absolute atomic E-state index is 8.72. The summed E-state index contributed by atoms with van der Waals surface area (Å²) in [5.41, 5.74) is 0. The molecule has 0 heterocycles. The van der Waals surface area contributed by atoms with E-state index in [1.54, 1.807) is 0 Å². The van der Waals surface area contributed by atoms with Crippen LogP contribution in [0.3, 0.4) is 0 Å². The van der Waals surface area contributed by atoms with Crippen LogP contribution in [-0.4, -0.2) is 24.4 Å². The van der Waals surface area contributed by atoms with Gasteiger partial charge < -0.3 is 9.84 Å². The fourth-order valence-corrected chi connectivity index (χ4v) is 2.49. The van der Waals surface area contributed by atoms with Gasteiger partial charge in [-0.3, -0.25) is 0 Å². The van der Waals surface area contributed by atoms with Crippen LogP contribution in [0.15, 0.2) is 0 Å². The van der Waals surface area contributed by atoms with Gasteiger partial charge in [-0.05, 0) is 31.6 Å². The fourth-order valence-electron chi connectivity index (χ4n) is 2.49. The summed E-state index contributed by atoms with van der Waals surface area (Å²) in [5, 5.41) is 8.72. The zero-order valence-electron chi connectivity index (χ0n) is 10.1. The Kier molecular flexibility index (Phi) is 7.03. The highest BCUT2D eigenvalue weighted by Crippen LogP contribution is 2.30. The second kappa shape index (κ2) is 8.12. The zero-order valence-corrected chi connectivity index (χ0v) is 10.1. The van der Waals surface area contributed by atoms with Gasteiger partial charge >= 0.3 is 0 Å². The summed E-state index contributed by atoms with van der Waals surface area (Å²) in [4.78, 5) is 0. The van der Waals surface area contributed by atoms with Crippen molar-refractivity contribution in [3.05, 3.63) is 0 Å². The molecule has 2 atom stereocenters. The second-order valence-corrected chi connectivity index (χ2v) is 4.67. The van der Waals surface area contributed by atoms with E-state index < -0.39 is 0 Å². The first-order valence-electron chi connectivity index (χ1n) is 6.61. The molecule has 2 unspecified atom stereocenters. The Labute approximate surface area is 94.0 Å². The van der Waals surface area contributed by atoms with Gasteiger partial charge in [-0.15, -0.1) is 0 Å². The zero-order chi connectivity index (χ0) is 10.9. The average Bonchev–Trinajstić information content (AvgIpc) is 2.28. The third-order valence-electron chi connectivity index (χ3n) is 3.40. The quantitative estimate of drug-likeness (QED) is 0.660. The third-order valence-corrected chi connectivity index (χ3v) is 3.40. The van der Waals surface area contributed by atoms with Crippen LogP contribution in [0.4, 0.5) is 0 Å². The molecule has 0 aliphatic heterocycles. The molecular formula is C13H26O2. The van der Waals surface area contributed by atoms with Crippen molar-refractivity contribution in [2.75, 3.05) is 13.2 Å². The molecule has 1 fully saturated rings. The first-order valence-corrected chi connectivity index (χ1v) is 6.61. The summed E-state index contributed by atoms with van der Waals surface area (Å²) in [7, 11) is 0. The minimum atomic E-state index is 0.256. The Hall–Kier alpha value is -0.0800. The minimum Gasteiger partial charge on any atom is -0.396 e. The molecule has 0 radical (unpaired) electrons. The van der Waals surface area contributed by atoms with Gasteiger partial charge in [-0.1, -0.05) is 32.6 Å². The van der Waals surface area contributed by atoms with E-state index in [0.717, 1.165) is 18.9 Å². The lowest BCUT2D eigenvalue weighted by Crippen LogP contribution is -2.28. The predicted octanol–water partition coefficient (Wildman–Crippen LogP) is 3.13. The molecule has 1 aliphatic rings. The largest absolute Gasteiger partial charge is 0.396 e. The molecule has 0 aromatic carbocycles. The first kappa shape index (κ1) is 13.0. The van der Waals surface area contributed by atoms with Crippen LogP contribution in [0.1, 0.15) is 58.3 Å². The van der Waals surface area contributed by atoms with E-state index in [9.17, 15) is 0 Å². The lowest BCUT2D eigenvalue weighted by Gasteiger charge is -2.31. The molecule has 0 amide bonds. The van der Waals surface area contributed by atoms with Gasteiger partial charge in [-0.25, -0.2) is 0 Å². The Morgan fingerprint density at radius 1 is 1.20 bits per heavy atom. The van der Waals surface area contributed by atoms with Crippen molar-refractivity contribution in [2.24, 2.45) is 5.92 Å². The molecule has 2 nitrogen and oxygen atoms in total. The molecule has 15 heavy (non-hydrogen) atoms. The molecule has 0 saturated heterocycles. The van der Waals surface area contributed by atoms with Crippen LogP contribution < -0.4 is 0 Å². The van der Waals surface area contributed by atoms with E-state index in [4.69, 9.17) is 9.84 Å². The van der Waals surface area contributed by atoms with Gasteiger partial charge in [0, 0.05) is 13.2 Å². The highest BCUT2D eigenvalue weighted by Gasteiger charge is 2.24. The van der Waals surface area contributed by atoms with Crippen molar-refractivity contribution in [3.63, 3.8) is 0 Å². The summed E-state index contributed by atoms with van der Waals surface area (Å²) < 4.78 is 5.87. The fraction of sp³-hybridized carbons (Fsp3) is 1.00. The van der Waals surface area contributed by atoms with Crippen molar-refractivity contribution >= 4 is 0 Å². The molecule has 1 aliphatic carbocycles. The summed E-state index contributed by atoms with van der Waals surface area (Å²) in [6, 6.07) is 0. The monoisotopic (exact) mass is 214 g/mol. The number of hydrogen-bond donors (Lipinski definition) is 1. The highest BCUT2D eigenvalue weighted by molar-refractivity contribution is 4.75. The molecule has 2 heteroatoms. The van der Waals surface area contributed by atoms with Gasteiger partial charge in [0.2, 0.25) is 0 Å². The average molecular weight is 214 g/mol. The molecule has 0 bridgehead atoms. The van der Waals surface area contributed by atoms with Crippen molar-refractivity contribution in [2.45, 2.75) is 64.4 Å². The lowest BCUT2D eigenvalue weighted by molar-refractivity contribution is -0.0186. The van der Waals surface area contributed by atoms with Gasteiger partial charge in [0.05, 0.1) is 6.10 Å². The number of aliphatic hydroxyl groups excluding tert-OH is 1. The maximum atomic E-state index is 8.72. The normalized spacial score (nSPS) is 26.8. The van der Waals surface area contributed by atoms with Gasteiger partial charge in [0.15, 0.2) is 0 Å². The molecule has 0 aromatic rings. The molecule has 90 valence electrons. The lowest BCUT2D eigenvalue weighted by atomic mass is 9.83. The standard InChI is InChI=1S/C13H26O2/c1-2-3-7-12-8-4-5-9-13(12)15-11-6-10-14/h12-14H,2-11H2,1H3. The van der Waals surface area contributed by atoms with E-state index in [2.05, 4.69) is 6.92 Å². The highest BCUT2D eigenvalue weighted by atomic mass is 16.5. The topological polar surface area (TPSA) is 29.5 Å². The number of unbranched alkanes of at least 4 members (excludes halogenated alkanes) is 1. The number of rotatable bonds is 7. The molecule has 1 rings (SSSR count). The van der Waals surface area contributed by atoms with E-state index in [0.29, 0.717) is 6.10 Å². The molecule has 1 saturated carbocycles. The minimum absolute atomic E-state index is 0.256. The Bertz CT molecular complexity index is 147. The summed E-state index contributed by atoms with van der Waals surface area (Å²) in [6.45, 7) is 3.25.